The molecule has 1 aromatic carbocycles. The Labute approximate surface area is 131 Å². The molecule has 1 atom stereocenters. The molecule has 1 fully saturated rings. The number of aliphatic hydroxyl groups is 1. The molecule has 1 aliphatic rings. The van der Waals surface area contributed by atoms with Crippen LogP contribution in [0.4, 0.5) is 4.39 Å². The second-order valence-corrected chi connectivity index (χ2v) is 7.71. The highest BCUT2D eigenvalue weighted by Gasteiger charge is 2.20. The van der Waals surface area contributed by atoms with E-state index in [4.69, 9.17) is 0 Å². The number of aliphatic hydroxyl groups excluding tert-OH is 1. The van der Waals surface area contributed by atoms with Crippen LogP contribution < -0.4 is 4.72 Å². The lowest BCUT2D eigenvalue weighted by Gasteiger charge is -2.31. The lowest BCUT2D eigenvalue weighted by atomic mass is 9.99. The molecule has 124 valence electrons. The Morgan fingerprint density at radius 1 is 1.32 bits per heavy atom. The molecular weight excluding hydrogens is 307 g/mol. The second-order valence-electron chi connectivity index (χ2n) is 5.94. The Morgan fingerprint density at radius 2 is 1.91 bits per heavy atom. The van der Waals surface area contributed by atoms with Gasteiger partial charge >= 0.3 is 0 Å². The molecule has 0 aliphatic carbocycles. The van der Waals surface area contributed by atoms with Crippen molar-refractivity contribution in [1.29, 1.82) is 0 Å². The van der Waals surface area contributed by atoms with Gasteiger partial charge in [-0.15, -0.1) is 0 Å². The maximum absolute atomic E-state index is 12.8. The second kappa shape index (κ2) is 7.50. The number of sulfonamides is 1. The fraction of sp³-hybridized carbons (Fsp3) is 0.600. The van der Waals surface area contributed by atoms with Crippen molar-refractivity contribution >= 4 is 10.0 Å². The third-order valence-corrected chi connectivity index (χ3v) is 5.42. The van der Waals surface area contributed by atoms with Crippen molar-refractivity contribution in [2.75, 3.05) is 26.2 Å². The molecule has 0 saturated carbocycles. The summed E-state index contributed by atoms with van der Waals surface area (Å²) in [6.07, 6.45) is 1.45. The van der Waals surface area contributed by atoms with Crippen LogP contribution in [0.5, 0.6) is 0 Å². The van der Waals surface area contributed by atoms with Gasteiger partial charge in [0.25, 0.3) is 0 Å². The van der Waals surface area contributed by atoms with Gasteiger partial charge in [-0.05, 0) is 56.1 Å². The van der Waals surface area contributed by atoms with Gasteiger partial charge in [0.2, 0.25) is 10.0 Å². The van der Waals surface area contributed by atoms with Crippen LogP contribution in [0.1, 0.15) is 19.8 Å². The minimum Gasteiger partial charge on any atom is -0.390 e. The smallest absolute Gasteiger partial charge is 0.240 e. The van der Waals surface area contributed by atoms with E-state index in [9.17, 15) is 17.9 Å². The van der Waals surface area contributed by atoms with E-state index in [1.807, 2.05) is 0 Å². The van der Waals surface area contributed by atoms with Gasteiger partial charge < -0.3 is 10.0 Å². The molecule has 2 N–H and O–H groups in total. The maximum atomic E-state index is 12.8. The standard InChI is InChI=1S/C15H23FN2O3S/c1-12-6-8-18(9-7-12)11-14(19)10-17-22(20,21)15-4-2-13(16)3-5-15/h2-5,12,14,17,19H,6-11H2,1H3. The van der Waals surface area contributed by atoms with Gasteiger partial charge in [0.1, 0.15) is 5.82 Å². The van der Waals surface area contributed by atoms with Gasteiger partial charge in [0, 0.05) is 13.1 Å². The Morgan fingerprint density at radius 3 is 2.50 bits per heavy atom. The molecule has 22 heavy (non-hydrogen) atoms. The van der Waals surface area contributed by atoms with Gasteiger partial charge in [0.15, 0.2) is 0 Å². The van der Waals surface area contributed by atoms with Gasteiger partial charge in [0.05, 0.1) is 11.0 Å². The molecule has 1 heterocycles. The van der Waals surface area contributed by atoms with E-state index >= 15 is 0 Å². The number of rotatable bonds is 6. The molecular formula is C15H23FN2O3S. The average Bonchev–Trinajstić information content (AvgIpc) is 2.48. The highest BCUT2D eigenvalue weighted by Crippen LogP contribution is 2.16. The fourth-order valence-corrected chi connectivity index (χ4v) is 3.58. The highest BCUT2D eigenvalue weighted by molar-refractivity contribution is 7.89. The Hall–Kier alpha value is -1.02. The van der Waals surface area contributed by atoms with E-state index in [0.29, 0.717) is 12.5 Å². The van der Waals surface area contributed by atoms with E-state index in [0.717, 1.165) is 38.1 Å². The third-order valence-electron chi connectivity index (χ3n) is 3.98. The third kappa shape index (κ3) is 5.01. The lowest BCUT2D eigenvalue weighted by Crippen LogP contribution is -2.43. The van der Waals surface area contributed by atoms with Crippen LogP contribution in [-0.4, -0.2) is 50.7 Å². The largest absolute Gasteiger partial charge is 0.390 e. The molecule has 5 nitrogen and oxygen atoms in total. The Bertz CT molecular complexity index is 569. The molecule has 7 heteroatoms. The van der Waals surface area contributed by atoms with Crippen molar-refractivity contribution in [3.05, 3.63) is 30.1 Å². The molecule has 0 aromatic heterocycles. The summed E-state index contributed by atoms with van der Waals surface area (Å²) in [5.41, 5.74) is 0. The van der Waals surface area contributed by atoms with Crippen molar-refractivity contribution in [2.24, 2.45) is 5.92 Å². The van der Waals surface area contributed by atoms with Crippen LogP contribution in [0.2, 0.25) is 0 Å². The SMILES string of the molecule is CC1CCN(CC(O)CNS(=O)(=O)c2ccc(F)cc2)CC1. The van der Waals surface area contributed by atoms with Crippen molar-refractivity contribution < 1.29 is 17.9 Å². The van der Waals surface area contributed by atoms with Crippen molar-refractivity contribution in [1.82, 2.24) is 9.62 Å². The predicted molar refractivity (Wildman–Crippen MR) is 82.4 cm³/mol. The van der Waals surface area contributed by atoms with E-state index in [2.05, 4.69) is 16.5 Å². The normalized spacial score (nSPS) is 19.2. The van der Waals surface area contributed by atoms with Crippen LogP contribution in [0.3, 0.4) is 0 Å². The first-order valence-electron chi connectivity index (χ1n) is 7.52. The van der Waals surface area contributed by atoms with E-state index < -0.39 is 21.9 Å². The summed E-state index contributed by atoms with van der Waals surface area (Å²) in [4.78, 5) is 2.14. The van der Waals surface area contributed by atoms with E-state index in [-0.39, 0.29) is 11.4 Å². The quantitative estimate of drug-likeness (QED) is 0.822. The first-order chi connectivity index (χ1) is 10.4. The minimum atomic E-state index is -3.72. The van der Waals surface area contributed by atoms with Crippen LogP contribution in [0.15, 0.2) is 29.2 Å². The number of hydrogen-bond donors (Lipinski definition) is 2. The molecule has 1 unspecified atom stereocenters. The number of likely N-dealkylation sites (tertiary alicyclic amines) is 1. The molecule has 1 saturated heterocycles. The number of nitrogens with one attached hydrogen (secondary N) is 1. The first kappa shape index (κ1) is 17.3. The van der Waals surface area contributed by atoms with Crippen LogP contribution in [0, 0.1) is 11.7 Å². The van der Waals surface area contributed by atoms with Crippen LogP contribution >= 0.6 is 0 Å². The zero-order chi connectivity index (χ0) is 16.2. The Balaban J connectivity index is 1.82. The first-order valence-corrected chi connectivity index (χ1v) is 9.01. The van der Waals surface area contributed by atoms with Gasteiger partial charge in [-0.3, -0.25) is 0 Å². The number of halogens is 1. The zero-order valence-corrected chi connectivity index (χ0v) is 13.5. The summed E-state index contributed by atoms with van der Waals surface area (Å²) in [5.74, 6) is 0.226. The monoisotopic (exact) mass is 330 g/mol. The van der Waals surface area contributed by atoms with Crippen LogP contribution in [0.25, 0.3) is 0 Å². The molecule has 0 spiro atoms. The average molecular weight is 330 g/mol. The number of β-amino-alcohol motifs (C(OH)–C–C–N with tert-alkyl or cyclic N) is 1. The minimum absolute atomic E-state index is 0.00658. The predicted octanol–water partition coefficient (Wildman–Crippen LogP) is 1.20. The van der Waals surface area contributed by atoms with Gasteiger partial charge in [-0.1, -0.05) is 6.92 Å². The summed E-state index contributed by atoms with van der Waals surface area (Å²) in [6.45, 7) is 4.49. The van der Waals surface area contributed by atoms with E-state index in [1.54, 1.807) is 0 Å². The topological polar surface area (TPSA) is 69.6 Å². The Kier molecular flexibility index (Phi) is 5.91. The summed E-state index contributed by atoms with van der Waals surface area (Å²) in [7, 11) is -3.72. The number of nitrogens with zero attached hydrogens (tertiary/aromatic N) is 1. The fourth-order valence-electron chi connectivity index (χ4n) is 2.51. The molecule has 1 aromatic rings. The van der Waals surface area contributed by atoms with Crippen molar-refractivity contribution in [3.63, 3.8) is 0 Å². The lowest BCUT2D eigenvalue weighted by molar-refractivity contribution is 0.0942. The summed E-state index contributed by atoms with van der Waals surface area (Å²) < 4.78 is 39.2. The highest BCUT2D eigenvalue weighted by atomic mass is 32.2. The van der Waals surface area contributed by atoms with Gasteiger partial charge in [-0.25, -0.2) is 17.5 Å². The maximum Gasteiger partial charge on any atom is 0.240 e. The summed E-state index contributed by atoms with van der Waals surface area (Å²) in [6, 6.07) is 4.60. The van der Waals surface area contributed by atoms with Gasteiger partial charge in [-0.2, -0.15) is 0 Å². The molecule has 1 aliphatic heterocycles. The molecule has 0 bridgehead atoms. The molecule has 0 radical (unpaired) electrons. The number of benzene rings is 1. The van der Waals surface area contributed by atoms with Crippen molar-refractivity contribution in [3.8, 4) is 0 Å². The summed E-state index contributed by atoms with van der Waals surface area (Å²) >= 11 is 0. The molecule has 0 amide bonds. The number of piperidine rings is 1. The van der Waals surface area contributed by atoms with Crippen molar-refractivity contribution in [2.45, 2.75) is 30.8 Å². The molecule has 2 rings (SSSR count). The van der Waals surface area contributed by atoms with Crippen LogP contribution in [-0.2, 0) is 10.0 Å². The number of hydrogen-bond acceptors (Lipinski definition) is 4. The summed E-state index contributed by atoms with van der Waals surface area (Å²) in [5, 5.41) is 9.99. The van der Waals surface area contributed by atoms with E-state index in [1.165, 1.54) is 12.1 Å². The zero-order valence-electron chi connectivity index (χ0n) is 12.7.